The van der Waals surface area contributed by atoms with E-state index in [-0.39, 0.29) is 60.9 Å². The molecule has 0 radical (unpaired) electrons. The molecule has 0 saturated heterocycles. The van der Waals surface area contributed by atoms with E-state index < -0.39 is 34.7 Å². The fourth-order valence-electron chi connectivity index (χ4n) is 4.18. The quantitative estimate of drug-likeness (QED) is 0.102. The molecule has 0 aliphatic rings. The maximum Gasteiger partial charge on any atom is 0.296 e. The predicted molar refractivity (Wildman–Crippen MR) is 168 cm³/mol. The van der Waals surface area contributed by atoms with Crippen LogP contribution in [0.4, 0.5) is 28.4 Å². The lowest BCUT2D eigenvalue weighted by Gasteiger charge is -2.12. The Morgan fingerprint density at radius 3 is 1.82 bits per heavy atom. The lowest BCUT2D eigenvalue weighted by Crippen LogP contribution is -2.06. The topological polar surface area (TPSA) is 225 Å². The van der Waals surface area contributed by atoms with E-state index in [1.807, 2.05) is 6.92 Å². The highest BCUT2D eigenvalue weighted by molar-refractivity contribution is 7.91. The van der Waals surface area contributed by atoms with E-state index in [1.54, 1.807) is 12.1 Å². The Hall–Kier alpha value is -4.45. The molecule has 0 aromatic heterocycles. The normalized spacial score (nSPS) is 12.8. The Bertz CT molecular complexity index is 2180. The molecule has 0 aliphatic carbocycles. The van der Waals surface area contributed by atoms with Gasteiger partial charge >= 0.3 is 0 Å². The molecule has 0 saturated carbocycles. The van der Waals surface area contributed by atoms with Crippen molar-refractivity contribution < 1.29 is 40.0 Å². The summed E-state index contributed by atoms with van der Waals surface area (Å²) in [5, 5.41) is 41.1. The van der Waals surface area contributed by atoms with Crippen LogP contribution in [0, 0.1) is 0 Å². The SMILES string of the molecule is CCNc1ccc2c(O)c(N=Nc3cc(S(=O)(=O)CC)ccc3O)ccc2c1N=Nc1ccc(S(=O)(=O)CC)cc1S(=O)(=O)O. The molecule has 4 rings (SSSR count). The molecule has 45 heavy (non-hydrogen) atoms. The van der Waals surface area contributed by atoms with Crippen molar-refractivity contribution in [3.63, 3.8) is 0 Å². The van der Waals surface area contributed by atoms with Gasteiger partial charge in [-0.15, -0.1) is 20.5 Å². The lowest BCUT2D eigenvalue weighted by atomic mass is 10.1. The van der Waals surface area contributed by atoms with Crippen molar-refractivity contribution in [2.24, 2.45) is 20.5 Å². The van der Waals surface area contributed by atoms with Gasteiger partial charge in [0.25, 0.3) is 10.1 Å². The molecule has 0 spiro atoms. The zero-order valence-electron chi connectivity index (χ0n) is 24.2. The van der Waals surface area contributed by atoms with Crippen LogP contribution < -0.4 is 5.32 Å². The minimum Gasteiger partial charge on any atom is -0.506 e. The Kier molecular flexibility index (Phi) is 9.57. The van der Waals surface area contributed by atoms with Crippen molar-refractivity contribution in [1.82, 2.24) is 0 Å². The Labute approximate surface area is 259 Å². The first kappa shape index (κ1) is 33.4. The van der Waals surface area contributed by atoms with Crippen molar-refractivity contribution in [3.8, 4) is 11.5 Å². The first-order valence-electron chi connectivity index (χ1n) is 13.4. The maximum atomic E-state index is 12.3. The number of fused-ring (bicyclic) bond motifs is 1. The number of phenols is 2. The van der Waals surface area contributed by atoms with Gasteiger partial charge in [0.05, 0.1) is 27.0 Å². The molecular formula is C28H29N5O9S3. The highest BCUT2D eigenvalue weighted by atomic mass is 32.2. The third-order valence-corrected chi connectivity index (χ3v) is 11.0. The van der Waals surface area contributed by atoms with E-state index in [4.69, 9.17) is 0 Å². The third-order valence-electron chi connectivity index (χ3n) is 6.65. The Morgan fingerprint density at radius 1 is 0.644 bits per heavy atom. The van der Waals surface area contributed by atoms with Gasteiger partial charge < -0.3 is 15.5 Å². The van der Waals surface area contributed by atoms with Gasteiger partial charge in [0, 0.05) is 17.3 Å². The second-order valence-electron chi connectivity index (χ2n) is 9.48. The molecule has 0 heterocycles. The molecule has 4 aromatic carbocycles. The molecule has 17 heteroatoms. The van der Waals surface area contributed by atoms with E-state index in [0.717, 1.165) is 18.2 Å². The zero-order valence-corrected chi connectivity index (χ0v) is 26.6. The number of phenolic OH excluding ortho intramolecular Hbond substituents is 2. The van der Waals surface area contributed by atoms with E-state index >= 15 is 0 Å². The van der Waals surface area contributed by atoms with Crippen molar-refractivity contribution in [2.45, 2.75) is 35.5 Å². The van der Waals surface area contributed by atoms with Crippen LogP contribution in [0.3, 0.4) is 0 Å². The molecular weight excluding hydrogens is 647 g/mol. The summed E-state index contributed by atoms with van der Waals surface area (Å²) in [4.78, 5) is -1.12. The number of benzene rings is 4. The Morgan fingerprint density at radius 2 is 1.20 bits per heavy atom. The highest BCUT2D eigenvalue weighted by Crippen LogP contribution is 2.43. The summed E-state index contributed by atoms with van der Waals surface area (Å²) >= 11 is 0. The first-order chi connectivity index (χ1) is 21.1. The maximum absolute atomic E-state index is 12.3. The van der Waals surface area contributed by atoms with E-state index in [0.29, 0.717) is 17.6 Å². The Balaban J connectivity index is 1.82. The number of sulfone groups is 2. The molecule has 0 bridgehead atoms. The largest absolute Gasteiger partial charge is 0.506 e. The number of anilines is 1. The molecule has 4 aromatic rings. The van der Waals surface area contributed by atoms with Crippen molar-refractivity contribution in [2.75, 3.05) is 23.4 Å². The zero-order chi connectivity index (χ0) is 33.2. The van der Waals surface area contributed by atoms with Crippen molar-refractivity contribution in [1.29, 1.82) is 0 Å². The summed E-state index contributed by atoms with van der Waals surface area (Å²) in [6, 6.07) is 12.8. The summed E-state index contributed by atoms with van der Waals surface area (Å²) in [5.41, 5.74) is 0.156. The minimum atomic E-state index is -4.90. The summed E-state index contributed by atoms with van der Waals surface area (Å²) in [6.45, 7) is 5.16. The lowest BCUT2D eigenvalue weighted by molar-refractivity contribution is 0.475. The summed E-state index contributed by atoms with van der Waals surface area (Å²) < 4.78 is 83.1. The molecule has 0 unspecified atom stereocenters. The van der Waals surface area contributed by atoms with E-state index in [9.17, 15) is 40.0 Å². The first-order valence-corrected chi connectivity index (χ1v) is 18.1. The average molecular weight is 676 g/mol. The van der Waals surface area contributed by atoms with Gasteiger partial charge in [0.1, 0.15) is 33.4 Å². The molecule has 0 fully saturated rings. The molecule has 4 N–H and O–H groups in total. The summed E-state index contributed by atoms with van der Waals surface area (Å²) in [6.07, 6.45) is 0. The minimum absolute atomic E-state index is 0.0221. The van der Waals surface area contributed by atoms with Gasteiger partial charge in [-0.25, -0.2) is 16.8 Å². The average Bonchev–Trinajstić information content (AvgIpc) is 3.00. The standard InChI is InChI=1S/C28H29N5O9S3/c1-4-29-22-12-10-20-19(27(22)33-30-21-11-7-18(44(38,39)6-3)16-26(21)45(40,41)42)9-13-23(28(20)35)31-32-24-15-17(8-14-25(24)34)43(36,37)5-2/h7-16,29,34-35H,4-6H2,1-3H3,(H,40,41,42). The summed E-state index contributed by atoms with van der Waals surface area (Å²) in [5.74, 6) is -1.10. The van der Waals surface area contributed by atoms with Gasteiger partial charge in [0.2, 0.25) is 0 Å². The predicted octanol–water partition coefficient (Wildman–Crippen LogP) is 6.35. The van der Waals surface area contributed by atoms with E-state index in [2.05, 4.69) is 25.8 Å². The summed E-state index contributed by atoms with van der Waals surface area (Å²) in [7, 11) is -12.3. The van der Waals surface area contributed by atoms with Gasteiger partial charge in [-0.2, -0.15) is 8.42 Å². The number of nitrogens with zero attached hydrogens (tertiary/aromatic N) is 4. The van der Waals surface area contributed by atoms with Crippen LogP contribution in [0.15, 0.2) is 95.8 Å². The van der Waals surface area contributed by atoms with Crippen LogP contribution in [0.2, 0.25) is 0 Å². The van der Waals surface area contributed by atoms with Crippen LogP contribution in [0.25, 0.3) is 10.8 Å². The molecule has 14 nitrogen and oxygen atoms in total. The van der Waals surface area contributed by atoms with E-state index in [1.165, 1.54) is 44.2 Å². The van der Waals surface area contributed by atoms with Gasteiger partial charge in [-0.3, -0.25) is 4.55 Å². The number of azo groups is 2. The fraction of sp³-hybridized carbons (Fsp3) is 0.214. The number of hydrogen-bond donors (Lipinski definition) is 4. The smallest absolute Gasteiger partial charge is 0.296 e. The van der Waals surface area contributed by atoms with Crippen LogP contribution >= 0.6 is 0 Å². The highest BCUT2D eigenvalue weighted by Gasteiger charge is 2.22. The van der Waals surface area contributed by atoms with Crippen LogP contribution in [-0.2, 0) is 29.8 Å². The fourth-order valence-corrected chi connectivity index (χ4v) is 6.71. The number of rotatable bonds is 11. The van der Waals surface area contributed by atoms with Crippen LogP contribution in [0.5, 0.6) is 11.5 Å². The second-order valence-corrected chi connectivity index (χ2v) is 15.4. The number of aromatic hydroxyl groups is 2. The van der Waals surface area contributed by atoms with Gasteiger partial charge in [-0.05, 0) is 67.6 Å². The molecule has 0 atom stereocenters. The third kappa shape index (κ3) is 7.11. The van der Waals surface area contributed by atoms with Crippen molar-refractivity contribution >= 4 is 69.0 Å². The molecule has 0 amide bonds. The molecule has 238 valence electrons. The second kappa shape index (κ2) is 12.9. The van der Waals surface area contributed by atoms with Crippen LogP contribution in [-0.4, -0.2) is 58.1 Å². The van der Waals surface area contributed by atoms with Gasteiger partial charge in [0.15, 0.2) is 25.4 Å². The monoisotopic (exact) mass is 675 g/mol. The van der Waals surface area contributed by atoms with Crippen LogP contribution in [0.1, 0.15) is 20.8 Å². The number of hydrogen-bond acceptors (Lipinski definition) is 13. The number of nitrogens with one attached hydrogen (secondary N) is 1. The van der Waals surface area contributed by atoms with Gasteiger partial charge in [-0.1, -0.05) is 13.8 Å². The van der Waals surface area contributed by atoms with Crippen molar-refractivity contribution in [3.05, 3.63) is 60.7 Å². The molecule has 0 aliphatic heterocycles.